The van der Waals surface area contributed by atoms with E-state index in [4.69, 9.17) is 0 Å². The van der Waals surface area contributed by atoms with E-state index in [2.05, 4.69) is 15.0 Å². The lowest BCUT2D eigenvalue weighted by atomic mass is 10.0. The fourth-order valence-corrected chi connectivity index (χ4v) is 2.69. The van der Waals surface area contributed by atoms with Gasteiger partial charge >= 0.3 is 0 Å². The van der Waals surface area contributed by atoms with Crippen molar-refractivity contribution in [3.63, 3.8) is 0 Å². The molecule has 3 heterocycles. The molecule has 0 spiro atoms. The van der Waals surface area contributed by atoms with E-state index in [1.54, 1.807) is 24.7 Å². The molecule has 0 unspecified atom stereocenters. The van der Waals surface area contributed by atoms with E-state index in [-0.39, 0.29) is 5.82 Å². The molecular formula is C18H13FN4. The first-order chi connectivity index (χ1) is 11.2. The van der Waals surface area contributed by atoms with E-state index in [0.29, 0.717) is 17.0 Å². The monoisotopic (exact) mass is 304 g/mol. The highest BCUT2D eigenvalue weighted by molar-refractivity contribution is 5.78. The Morgan fingerprint density at radius 1 is 0.957 bits per heavy atom. The van der Waals surface area contributed by atoms with Gasteiger partial charge in [0.1, 0.15) is 11.6 Å². The zero-order valence-corrected chi connectivity index (χ0v) is 12.4. The van der Waals surface area contributed by atoms with Crippen molar-refractivity contribution in [2.45, 2.75) is 0 Å². The normalized spacial score (nSPS) is 11.0. The second-order valence-electron chi connectivity index (χ2n) is 5.27. The zero-order chi connectivity index (χ0) is 15.8. The van der Waals surface area contributed by atoms with Crippen molar-refractivity contribution in [3.8, 4) is 22.5 Å². The summed E-state index contributed by atoms with van der Waals surface area (Å²) in [5.41, 5.74) is 3.69. The van der Waals surface area contributed by atoms with Crippen molar-refractivity contribution in [3.05, 3.63) is 66.9 Å². The SMILES string of the molecule is Cn1c(-c2ccc(-c3ccncc3)cc2F)nc2ncccc21. The second-order valence-corrected chi connectivity index (χ2v) is 5.27. The molecule has 0 amide bonds. The number of imidazole rings is 1. The minimum atomic E-state index is -0.308. The maximum atomic E-state index is 14.6. The molecule has 0 atom stereocenters. The molecule has 0 aliphatic heterocycles. The van der Waals surface area contributed by atoms with Gasteiger partial charge in [-0.2, -0.15) is 0 Å². The average Bonchev–Trinajstić information content (AvgIpc) is 2.93. The van der Waals surface area contributed by atoms with Crippen LogP contribution in [0.3, 0.4) is 0 Å². The Kier molecular flexibility index (Phi) is 3.12. The van der Waals surface area contributed by atoms with Crippen LogP contribution in [-0.2, 0) is 7.05 Å². The number of benzene rings is 1. The molecule has 4 aromatic rings. The maximum absolute atomic E-state index is 14.6. The molecule has 112 valence electrons. The van der Waals surface area contributed by atoms with Crippen molar-refractivity contribution in [2.24, 2.45) is 7.05 Å². The highest BCUT2D eigenvalue weighted by Gasteiger charge is 2.14. The van der Waals surface area contributed by atoms with E-state index >= 15 is 0 Å². The third-order valence-corrected chi connectivity index (χ3v) is 3.88. The number of nitrogens with zero attached hydrogens (tertiary/aromatic N) is 4. The third-order valence-electron chi connectivity index (χ3n) is 3.88. The Hall–Kier alpha value is -3.08. The lowest BCUT2D eigenvalue weighted by Crippen LogP contribution is -1.95. The number of fused-ring (bicyclic) bond motifs is 1. The highest BCUT2D eigenvalue weighted by Crippen LogP contribution is 2.28. The summed E-state index contributed by atoms with van der Waals surface area (Å²) >= 11 is 0. The molecule has 5 heteroatoms. The molecule has 0 bridgehead atoms. The van der Waals surface area contributed by atoms with Crippen LogP contribution in [0.2, 0.25) is 0 Å². The summed E-state index contributed by atoms with van der Waals surface area (Å²) in [5, 5.41) is 0. The average molecular weight is 304 g/mol. The van der Waals surface area contributed by atoms with Crippen molar-refractivity contribution >= 4 is 11.2 Å². The van der Waals surface area contributed by atoms with Crippen LogP contribution in [-0.4, -0.2) is 19.5 Å². The van der Waals surface area contributed by atoms with Gasteiger partial charge in [0.05, 0.1) is 11.1 Å². The molecule has 23 heavy (non-hydrogen) atoms. The van der Waals surface area contributed by atoms with E-state index in [1.807, 2.05) is 41.9 Å². The molecule has 0 saturated heterocycles. The Morgan fingerprint density at radius 2 is 1.78 bits per heavy atom. The van der Waals surface area contributed by atoms with E-state index in [0.717, 1.165) is 16.6 Å². The molecule has 0 aliphatic rings. The molecule has 0 radical (unpaired) electrons. The number of pyridine rings is 2. The van der Waals surface area contributed by atoms with E-state index in [9.17, 15) is 4.39 Å². The van der Waals surface area contributed by atoms with Gasteiger partial charge in [-0.25, -0.2) is 14.4 Å². The highest BCUT2D eigenvalue weighted by atomic mass is 19.1. The van der Waals surface area contributed by atoms with Gasteiger partial charge in [-0.1, -0.05) is 6.07 Å². The van der Waals surface area contributed by atoms with Crippen LogP contribution in [0.1, 0.15) is 0 Å². The lowest BCUT2D eigenvalue weighted by molar-refractivity contribution is 0.629. The van der Waals surface area contributed by atoms with Gasteiger partial charge in [-0.3, -0.25) is 4.98 Å². The smallest absolute Gasteiger partial charge is 0.178 e. The second kappa shape index (κ2) is 5.28. The molecule has 0 saturated carbocycles. The number of rotatable bonds is 2. The predicted octanol–water partition coefficient (Wildman–Crippen LogP) is 3.84. The standard InChI is InChI=1S/C18H13FN4/c1-23-16-3-2-8-21-17(16)22-18(23)14-5-4-13(11-15(14)19)12-6-9-20-10-7-12/h2-11H,1H3. The largest absolute Gasteiger partial charge is 0.326 e. The Labute approximate surface area is 132 Å². The minimum absolute atomic E-state index is 0.308. The van der Waals surface area contributed by atoms with Crippen molar-refractivity contribution in [1.82, 2.24) is 19.5 Å². The van der Waals surface area contributed by atoms with Crippen LogP contribution >= 0.6 is 0 Å². The summed E-state index contributed by atoms with van der Waals surface area (Å²) in [4.78, 5) is 12.6. The molecule has 3 aromatic heterocycles. The van der Waals surface area contributed by atoms with Crippen LogP contribution in [0.25, 0.3) is 33.7 Å². The van der Waals surface area contributed by atoms with Crippen LogP contribution in [0.5, 0.6) is 0 Å². The molecule has 4 rings (SSSR count). The number of hydrogen-bond donors (Lipinski definition) is 0. The maximum Gasteiger partial charge on any atom is 0.178 e. The first kappa shape index (κ1) is 13.6. The molecular weight excluding hydrogens is 291 g/mol. The topological polar surface area (TPSA) is 43.6 Å². The Morgan fingerprint density at radius 3 is 2.52 bits per heavy atom. The van der Waals surface area contributed by atoms with Crippen molar-refractivity contribution in [1.29, 1.82) is 0 Å². The van der Waals surface area contributed by atoms with Crippen molar-refractivity contribution in [2.75, 3.05) is 0 Å². The van der Waals surface area contributed by atoms with Gasteiger partial charge in [0.25, 0.3) is 0 Å². The summed E-state index contributed by atoms with van der Waals surface area (Å²) in [6, 6.07) is 12.6. The summed E-state index contributed by atoms with van der Waals surface area (Å²) in [6.45, 7) is 0. The first-order valence-corrected chi connectivity index (χ1v) is 7.22. The number of halogens is 1. The molecule has 0 N–H and O–H groups in total. The molecule has 0 aliphatic carbocycles. The van der Waals surface area contributed by atoms with E-state index in [1.165, 1.54) is 6.07 Å². The summed E-state index contributed by atoms with van der Waals surface area (Å²) < 4.78 is 16.5. The number of aromatic nitrogens is 4. The summed E-state index contributed by atoms with van der Waals surface area (Å²) in [5.74, 6) is 0.259. The molecule has 0 fully saturated rings. The van der Waals surface area contributed by atoms with Gasteiger partial charge in [0.2, 0.25) is 0 Å². The Bertz CT molecular complexity index is 993. The number of aryl methyl sites for hydroxylation is 1. The Balaban J connectivity index is 1.84. The van der Waals surface area contributed by atoms with Crippen LogP contribution in [0.4, 0.5) is 4.39 Å². The number of hydrogen-bond acceptors (Lipinski definition) is 3. The van der Waals surface area contributed by atoms with Gasteiger partial charge in [-0.05, 0) is 47.5 Å². The van der Waals surface area contributed by atoms with Crippen LogP contribution in [0.15, 0.2) is 61.1 Å². The summed E-state index contributed by atoms with van der Waals surface area (Å²) in [7, 11) is 1.86. The molecule has 1 aromatic carbocycles. The third kappa shape index (κ3) is 2.26. The first-order valence-electron chi connectivity index (χ1n) is 7.22. The predicted molar refractivity (Wildman–Crippen MR) is 87.1 cm³/mol. The van der Waals surface area contributed by atoms with Gasteiger partial charge < -0.3 is 4.57 Å². The fraction of sp³-hybridized carbons (Fsp3) is 0.0556. The molecule has 4 nitrogen and oxygen atoms in total. The zero-order valence-electron chi connectivity index (χ0n) is 12.4. The van der Waals surface area contributed by atoms with Gasteiger partial charge in [-0.15, -0.1) is 0 Å². The van der Waals surface area contributed by atoms with Crippen LogP contribution in [0, 0.1) is 5.82 Å². The van der Waals surface area contributed by atoms with Gasteiger partial charge in [0, 0.05) is 25.6 Å². The fourth-order valence-electron chi connectivity index (χ4n) is 2.69. The lowest BCUT2D eigenvalue weighted by Gasteiger charge is -2.07. The van der Waals surface area contributed by atoms with E-state index < -0.39 is 0 Å². The van der Waals surface area contributed by atoms with Crippen molar-refractivity contribution < 1.29 is 4.39 Å². The quantitative estimate of drug-likeness (QED) is 0.565. The van der Waals surface area contributed by atoms with Gasteiger partial charge in [0.15, 0.2) is 5.65 Å². The minimum Gasteiger partial charge on any atom is -0.326 e. The van der Waals surface area contributed by atoms with Crippen LogP contribution < -0.4 is 0 Å². The summed E-state index contributed by atoms with van der Waals surface area (Å²) in [6.07, 6.45) is 5.07.